The summed E-state index contributed by atoms with van der Waals surface area (Å²) in [5, 5.41) is 0. The standard InChI is InChI=1S/C16H37N3/c1-15(2,17)11-9-7-6-8-10-13-19(5)14-12-16(3,4)18/h6-14,17-18H2,1-5H3. The van der Waals surface area contributed by atoms with Gasteiger partial charge in [0.25, 0.3) is 0 Å². The van der Waals surface area contributed by atoms with Crippen LogP contribution in [-0.4, -0.2) is 36.1 Å². The molecule has 0 heterocycles. The summed E-state index contributed by atoms with van der Waals surface area (Å²) in [6.45, 7) is 10.7. The van der Waals surface area contributed by atoms with Gasteiger partial charge in [0.05, 0.1) is 0 Å². The quantitative estimate of drug-likeness (QED) is 0.568. The van der Waals surface area contributed by atoms with Crippen LogP contribution in [0.25, 0.3) is 0 Å². The number of rotatable bonds is 11. The molecule has 0 radical (unpaired) electrons. The summed E-state index contributed by atoms with van der Waals surface area (Å²) in [5.41, 5.74) is 11.9. The fraction of sp³-hybridized carbons (Fsp3) is 1.00. The second-order valence-electron chi connectivity index (χ2n) is 7.55. The maximum atomic E-state index is 5.99. The minimum atomic E-state index is -0.0384. The highest BCUT2D eigenvalue weighted by Gasteiger charge is 2.11. The molecule has 0 saturated carbocycles. The zero-order valence-corrected chi connectivity index (χ0v) is 14.0. The molecule has 4 N–H and O–H groups in total. The van der Waals surface area contributed by atoms with Crippen molar-refractivity contribution in [3.8, 4) is 0 Å². The van der Waals surface area contributed by atoms with Crippen LogP contribution in [0, 0.1) is 0 Å². The smallest absolute Gasteiger partial charge is 0.0109 e. The van der Waals surface area contributed by atoms with Gasteiger partial charge in [0.1, 0.15) is 0 Å². The highest BCUT2D eigenvalue weighted by atomic mass is 15.1. The molecule has 0 aromatic rings. The van der Waals surface area contributed by atoms with Gasteiger partial charge in [0.2, 0.25) is 0 Å². The Morgan fingerprint density at radius 3 is 1.68 bits per heavy atom. The van der Waals surface area contributed by atoms with E-state index < -0.39 is 0 Å². The Morgan fingerprint density at radius 2 is 1.16 bits per heavy atom. The van der Waals surface area contributed by atoms with Crippen molar-refractivity contribution in [3.05, 3.63) is 0 Å². The van der Waals surface area contributed by atoms with Gasteiger partial charge in [-0.05, 0) is 67.1 Å². The number of unbranched alkanes of at least 4 members (excludes halogenated alkanes) is 4. The SMILES string of the molecule is CN(CCCCCCCC(C)(C)N)CCC(C)(C)N. The molecule has 0 unspecified atom stereocenters. The van der Waals surface area contributed by atoms with Gasteiger partial charge >= 0.3 is 0 Å². The minimum absolute atomic E-state index is 0.00917. The zero-order valence-electron chi connectivity index (χ0n) is 14.0. The normalized spacial score (nSPS) is 13.3. The molecule has 0 aromatic carbocycles. The van der Waals surface area contributed by atoms with E-state index in [-0.39, 0.29) is 11.1 Å². The molecule has 19 heavy (non-hydrogen) atoms. The van der Waals surface area contributed by atoms with E-state index in [0.29, 0.717) is 0 Å². The predicted octanol–water partition coefficient (Wildman–Crippen LogP) is 3.12. The first-order valence-electron chi connectivity index (χ1n) is 7.86. The first-order chi connectivity index (χ1) is 8.60. The molecule has 0 aliphatic carbocycles. The summed E-state index contributed by atoms with van der Waals surface area (Å²) in [6.07, 6.45) is 8.76. The van der Waals surface area contributed by atoms with Gasteiger partial charge in [-0.25, -0.2) is 0 Å². The van der Waals surface area contributed by atoms with Crippen molar-refractivity contribution >= 4 is 0 Å². The van der Waals surface area contributed by atoms with Gasteiger partial charge in [-0.2, -0.15) is 0 Å². The van der Waals surface area contributed by atoms with Gasteiger partial charge in [-0.3, -0.25) is 0 Å². The third-order valence-electron chi connectivity index (χ3n) is 3.50. The van der Waals surface area contributed by atoms with Crippen molar-refractivity contribution < 1.29 is 0 Å². The highest BCUT2D eigenvalue weighted by Crippen LogP contribution is 2.12. The van der Waals surface area contributed by atoms with Gasteiger partial charge in [0, 0.05) is 11.1 Å². The van der Waals surface area contributed by atoms with Crippen LogP contribution in [0.1, 0.15) is 72.6 Å². The molecule has 0 aromatic heterocycles. The van der Waals surface area contributed by atoms with Crippen LogP contribution in [0.3, 0.4) is 0 Å². The predicted molar refractivity (Wildman–Crippen MR) is 86.3 cm³/mol. The van der Waals surface area contributed by atoms with E-state index in [4.69, 9.17) is 11.5 Å². The van der Waals surface area contributed by atoms with Crippen LogP contribution >= 0.6 is 0 Å². The molecular weight excluding hydrogens is 234 g/mol. The molecule has 0 aliphatic rings. The molecular formula is C16H37N3. The largest absolute Gasteiger partial charge is 0.326 e. The second-order valence-corrected chi connectivity index (χ2v) is 7.55. The van der Waals surface area contributed by atoms with Crippen LogP contribution in [-0.2, 0) is 0 Å². The Bertz CT molecular complexity index is 213. The fourth-order valence-corrected chi connectivity index (χ4v) is 2.08. The Labute approximate surface area is 121 Å². The molecule has 0 rings (SSSR count). The molecule has 0 atom stereocenters. The number of nitrogens with zero attached hydrogens (tertiary/aromatic N) is 1. The van der Waals surface area contributed by atoms with Gasteiger partial charge in [-0.1, -0.05) is 25.7 Å². The van der Waals surface area contributed by atoms with Crippen LogP contribution in [0.4, 0.5) is 0 Å². The molecule has 116 valence electrons. The molecule has 0 fully saturated rings. The van der Waals surface area contributed by atoms with E-state index in [0.717, 1.165) is 19.4 Å². The van der Waals surface area contributed by atoms with Crippen molar-refractivity contribution in [2.24, 2.45) is 11.5 Å². The summed E-state index contributed by atoms with van der Waals surface area (Å²) in [4.78, 5) is 2.40. The summed E-state index contributed by atoms with van der Waals surface area (Å²) in [7, 11) is 2.20. The lowest BCUT2D eigenvalue weighted by molar-refractivity contribution is 0.288. The molecule has 0 saturated heterocycles. The van der Waals surface area contributed by atoms with E-state index >= 15 is 0 Å². The minimum Gasteiger partial charge on any atom is -0.326 e. The lowest BCUT2D eigenvalue weighted by Gasteiger charge is -2.23. The van der Waals surface area contributed by atoms with Crippen molar-refractivity contribution in [3.63, 3.8) is 0 Å². The maximum absolute atomic E-state index is 5.99. The van der Waals surface area contributed by atoms with Gasteiger partial charge in [-0.15, -0.1) is 0 Å². The van der Waals surface area contributed by atoms with E-state index in [1.165, 1.54) is 38.6 Å². The molecule has 3 heteroatoms. The molecule has 0 amide bonds. The lowest BCUT2D eigenvalue weighted by Crippen LogP contribution is -2.36. The van der Waals surface area contributed by atoms with Gasteiger partial charge in [0.15, 0.2) is 0 Å². The Kier molecular flexibility index (Phi) is 8.88. The van der Waals surface area contributed by atoms with Crippen molar-refractivity contribution in [2.75, 3.05) is 20.1 Å². The first-order valence-corrected chi connectivity index (χ1v) is 7.86. The topological polar surface area (TPSA) is 55.3 Å². The monoisotopic (exact) mass is 271 g/mol. The van der Waals surface area contributed by atoms with Crippen LogP contribution in [0.15, 0.2) is 0 Å². The van der Waals surface area contributed by atoms with Crippen molar-refractivity contribution in [1.29, 1.82) is 0 Å². The average molecular weight is 271 g/mol. The lowest BCUT2D eigenvalue weighted by atomic mass is 9.97. The van der Waals surface area contributed by atoms with Crippen molar-refractivity contribution in [2.45, 2.75) is 83.7 Å². The Hall–Kier alpha value is -0.120. The van der Waals surface area contributed by atoms with E-state index in [1.807, 2.05) is 0 Å². The van der Waals surface area contributed by atoms with E-state index in [1.54, 1.807) is 0 Å². The third kappa shape index (κ3) is 15.8. The number of nitrogens with two attached hydrogens (primary N) is 2. The average Bonchev–Trinajstić information content (AvgIpc) is 2.22. The summed E-state index contributed by atoms with van der Waals surface area (Å²) in [5.74, 6) is 0. The molecule has 0 aliphatic heterocycles. The first kappa shape index (κ1) is 18.9. The highest BCUT2D eigenvalue weighted by molar-refractivity contribution is 4.73. The van der Waals surface area contributed by atoms with E-state index in [2.05, 4.69) is 39.6 Å². The summed E-state index contributed by atoms with van der Waals surface area (Å²) < 4.78 is 0. The van der Waals surface area contributed by atoms with E-state index in [9.17, 15) is 0 Å². The molecule has 3 nitrogen and oxygen atoms in total. The van der Waals surface area contributed by atoms with Crippen LogP contribution < -0.4 is 11.5 Å². The molecule has 0 bridgehead atoms. The summed E-state index contributed by atoms with van der Waals surface area (Å²) in [6, 6.07) is 0. The second kappa shape index (κ2) is 8.93. The number of hydrogen-bond donors (Lipinski definition) is 2. The third-order valence-corrected chi connectivity index (χ3v) is 3.50. The zero-order chi connectivity index (χ0) is 14.9. The molecule has 0 spiro atoms. The Balaban J connectivity index is 3.35. The maximum Gasteiger partial charge on any atom is 0.0109 e. The van der Waals surface area contributed by atoms with Gasteiger partial charge < -0.3 is 16.4 Å². The van der Waals surface area contributed by atoms with Crippen LogP contribution in [0.2, 0.25) is 0 Å². The Morgan fingerprint density at radius 1 is 0.684 bits per heavy atom. The summed E-state index contributed by atoms with van der Waals surface area (Å²) >= 11 is 0. The fourth-order valence-electron chi connectivity index (χ4n) is 2.08. The van der Waals surface area contributed by atoms with Crippen molar-refractivity contribution in [1.82, 2.24) is 4.90 Å². The van der Waals surface area contributed by atoms with Crippen LogP contribution in [0.5, 0.6) is 0 Å². The number of hydrogen-bond acceptors (Lipinski definition) is 3.